The molecule has 0 aliphatic heterocycles. The number of aromatic nitrogens is 4. The Morgan fingerprint density at radius 2 is 2.08 bits per heavy atom. The van der Waals surface area contributed by atoms with Crippen LogP contribution < -0.4 is 5.32 Å². The van der Waals surface area contributed by atoms with E-state index in [1.807, 2.05) is 18.3 Å². The van der Waals surface area contributed by atoms with Crippen molar-refractivity contribution in [3.8, 4) is 0 Å². The third kappa shape index (κ3) is 3.68. The number of aromatic amines is 1. The fourth-order valence-electron chi connectivity index (χ4n) is 2.40. The molecule has 0 aliphatic carbocycles. The largest absolute Gasteiger partial charge is 0.365 e. The van der Waals surface area contributed by atoms with E-state index in [4.69, 9.17) is 0 Å². The number of amides is 1. The van der Waals surface area contributed by atoms with Gasteiger partial charge < -0.3 is 10.3 Å². The highest BCUT2D eigenvalue weighted by Gasteiger charge is 2.16. The second-order valence-corrected chi connectivity index (χ2v) is 5.51. The monoisotopic (exact) mass is 327 g/mol. The van der Waals surface area contributed by atoms with Crippen LogP contribution in [0.3, 0.4) is 0 Å². The van der Waals surface area contributed by atoms with Crippen molar-refractivity contribution < 1.29 is 9.18 Å². The molecule has 6 nitrogen and oxygen atoms in total. The maximum atomic E-state index is 12.9. The van der Waals surface area contributed by atoms with Gasteiger partial charge in [-0.3, -0.25) is 4.79 Å². The van der Waals surface area contributed by atoms with Crippen molar-refractivity contribution in [3.63, 3.8) is 0 Å². The Labute approximate surface area is 138 Å². The Morgan fingerprint density at radius 3 is 2.79 bits per heavy atom. The number of H-pyrrole nitrogens is 1. The first-order valence-electron chi connectivity index (χ1n) is 7.68. The summed E-state index contributed by atoms with van der Waals surface area (Å²) in [6, 6.07) is 10.1. The van der Waals surface area contributed by atoms with E-state index in [2.05, 4.69) is 20.6 Å². The summed E-state index contributed by atoms with van der Waals surface area (Å²) in [5.41, 5.74) is 2.94. The molecule has 2 aromatic heterocycles. The summed E-state index contributed by atoms with van der Waals surface area (Å²) in [7, 11) is 0. The molecule has 0 fully saturated rings. The normalized spacial score (nSPS) is 10.8. The third-order valence-electron chi connectivity index (χ3n) is 3.79. The lowest BCUT2D eigenvalue weighted by Gasteiger charge is -2.05. The molecule has 24 heavy (non-hydrogen) atoms. The van der Waals surface area contributed by atoms with E-state index in [0.717, 1.165) is 17.7 Å². The SMILES string of the molecule is Cc1c(C(=O)NCCc2ccc[nH]2)nnn1Cc1ccc(F)cc1. The number of benzene rings is 1. The zero-order chi connectivity index (χ0) is 16.9. The van der Waals surface area contributed by atoms with E-state index in [-0.39, 0.29) is 11.7 Å². The topological polar surface area (TPSA) is 75.6 Å². The number of halogens is 1. The summed E-state index contributed by atoms with van der Waals surface area (Å²) in [5.74, 6) is -0.527. The van der Waals surface area contributed by atoms with Crippen molar-refractivity contribution in [1.82, 2.24) is 25.3 Å². The van der Waals surface area contributed by atoms with Crippen LogP contribution in [-0.2, 0) is 13.0 Å². The lowest BCUT2D eigenvalue weighted by molar-refractivity contribution is 0.0948. The van der Waals surface area contributed by atoms with Gasteiger partial charge in [-0.25, -0.2) is 9.07 Å². The molecule has 0 bridgehead atoms. The summed E-state index contributed by atoms with van der Waals surface area (Å²) in [4.78, 5) is 15.3. The van der Waals surface area contributed by atoms with Gasteiger partial charge in [-0.05, 0) is 36.8 Å². The number of carbonyl (C=O) groups excluding carboxylic acids is 1. The van der Waals surface area contributed by atoms with Gasteiger partial charge >= 0.3 is 0 Å². The van der Waals surface area contributed by atoms with E-state index >= 15 is 0 Å². The average Bonchev–Trinajstić information content (AvgIpc) is 3.20. The summed E-state index contributed by atoms with van der Waals surface area (Å²) in [6.45, 7) is 2.75. The second-order valence-electron chi connectivity index (χ2n) is 5.51. The van der Waals surface area contributed by atoms with Gasteiger partial charge in [0.05, 0.1) is 12.2 Å². The van der Waals surface area contributed by atoms with Crippen molar-refractivity contribution in [2.24, 2.45) is 0 Å². The predicted molar refractivity (Wildman–Crippen MR) is 87.1 cm³/mol. The Balaban J connectivity index is 1.61. The van der Waals surface area contributed by atoms with Crippen LogP contribution in [0, 0.1) is 12.7 Å². The first-order chi connectivity index (χ1) is 11.6. The molecular formula is C17H18FN5O. The highest BCUT2D eigenvalue weighted by Crippen LogP contribution is 2.09. The van der Waals surface area contributed by atoms with E-state index in [0.29, 0.717) is 24.5 Å². The minimum absolute atomic E-state index is 0.246. The molecule has 0 saturated heterocycles. The number of hydrogen-bond donors (Lipinski definition) is 2. The van der Waals surface area contributed by atoms with Crippen molar-refractivity contribution in [1.29, 1.82) is 0 Å². The van der Waals surface area contributed by atoms with Crippen molar-refractivity contribution >= 4 is 5.91 Å². The van der Waals surface area contributed by atoms with E-state index in [1.165, 1.54) is 12.1 Å². The zero-order valence-electron chi connectivity index (χ0n) is 13.3. The molecule has 0 radical (unpaired) electrons. The molecule has 7 heteroatoms. The van der Waals surface area contributed by atoms with Crippen LogP contribution in [0.4, 0.5) is 4.39 Å². The van der Waals surface area contributed by atoms with Gasteiger partial charge in [-0.2, -0.15) is 0 Å². The molecular weight excluding hydrogens is 309 g/mol. The lowest BCUT2D eigenvalue weighted by Crippen LogP contribution is -2.27. The molecule has 3 rings (SSSR count). The number of nitrogens with one attached hydrogen (secondary N) is 2. The van der Waals surface area contributed by atoms with Crippen molar-refractivity contribution in [2.45, 2.75) is 19.9 Å². The highest BCUT2D eigenvalue weighted by atomic mass is 19.1. The van der Waals surface area contributed by atoms with Gasteiger partial charge in [0.2, 0.25) is 0 Å². The Morgan fingerprint density at radius 1 is 1.29 bits per heavy atom. The van der Waals surface area contributed by atoms with Gasteiger partial charge in [0.25, 0.3) is 5.91 Å². The first-order valence-corrected chi connectivity index (χ1v) is 7.68. The van der Waals surface area contributed by atoms with Crippen molar-refractivity contribution in [3.05, 3.63) is 71.1 Å². The molecule has 2 heterocycles. The second kappa shape index (κ2) is 7.08. The molecule has 0 unspecified atom stereocenters. The zero-order valence-corrected chi connectivity index (χ0v) is 13.3. The van der Waals surface area contributed by atoms with E-state index in [1.54, 1.807) is 23.7 Å². The molecule has 0 atom stereocenters. The van der Waals surface area contributed by atoms with Crippen LogP contribution >= 0.6 is 0 Å². The molecule has 1 amide bonds. The maximum Gasteiger partial charge on any atom is 0.273 e. The first kappa shape index (κ1) is 15.9. The molecule has 3 aromatic rings. The van der Waals surface area contributed by atoms with Gasteiger partial charge in [-0.1, -0.05) is 17.3 Å². The highest BCUT2D eigenvalue weighted by molar-refractivity contribution is 5.93. The van der Waals surface area contributed by atoms with Gasteiger partial charge in [0.15, 0.2) is 5.69 Å². The van der Waals surface area contributed by atoms with E-state index in [9.17, 15) is 9.18 Å². The van der Waals surface area contributed by atoms with Gasteiger partial charge in [-0.15, -0.1) is 5.10 Å². The smallest absolute Gasteiger partial charge is 0.273 e. The Kier molecular flexibility index (Phi) is 4.69. The summed E-state index contributed by atoms with van der Waals surface area (Å²) < 4.78 is 14.6. The van der Waals surface area contributed by atoms with Crippen LogP contribution in [0.5, 0.6) is 0 Å². The van der Waals surface area contributed by atoms with Crippen LogP contribution in [0.1, 0.15) is 27.4 Å². The quantitative estimate of drug-likeness (QED) is 0.728. The summed E-state index contributed by atoms with van der Waals surface area (Å²) in [5, 5.41) is 10.8. The fraction of sp³-hybridized carbons (Fsp3) is 0.235. The number of nitrogens with zero attached hydrogens (tertiary/aromatic N) is 3. The summed E-state index contributed by atoms with van der Waals surface area (Å²) >= 11 is 0. The number of rotatable bonds is 6. The number of hydrogen-bond acceptors (Lipinski definition) is 3. The molecule has 0 spiro atoms. The molecule has 1 aromatic carbocycles. The van der Waals surface area contributed by atoms with Crippen LogP contribution in [0.25, 0.3) is 0 Å². The number of carbonyl (C=O) groups is 1. The van der Waals surface area contributed by atoms with Gasteiger partial charge in [0.1, 0.15) is 5.82 Å². The minimum Gasteiger partial charge on any atom is -0.365 e. The van der Waals surface area contributed by atoms with E-state index < -0.39 is 0 Å². The van der Waals surface area contributed by atoms with Crippen LogP contribution in [0.15, 0.2) is 42.6 Å². The molecule has 124 valence electrons. The average molecular weight is 327 g/mol. The molecule has 0 aliphatic rings. The Hall–Kier alpha value is -2.96. The van der Waals surface area contributed by atoms with Crippen molar-refractivity contribution in [2.75, 3.05) is 6.54 Å². The van der Waals surface area contributed by atoms with Crippen LogP contribution in [0.2, 0.25) is 0 Å². The van der Waals surface area contributed by atoms with Crippen LogP contribution in [-0.4, -0.2) is 32.4 Å². The molecule has 0 saturated carbocycles. The fourth-order valence-corrected chi connectivity index (χ4v) is 2.40. The predicted octanol–water partition coefficient (Wildman–Crippen LogP) is 2.07. The van der Waals surface area contributed by atoms with Gasteiger partial charge in [0, 0.05) is 24.9 Å². The lowest BCUT2D eigenvalue weighted by atomic mass is 10.2. The Bertz CT molecular complexity index is 808. The summed E-state index contributed by atoms with van der Waals surface area (Å²) in [6.07, 6.45) is 2.57. The minimum atomic E-state index is -0.281. The molecule has 2 N–H and O–H groups in total. The maximum absolute atomic E-state index is 12.9. The standard InChI is InChI=1S/C17H18FN5O/c1-12-16(17(24)20-10-8-15-3-2-9-19-15)21-22-23(12)11-13-4-6-14(18)7-5-13/h2-7,9,19H,8,10-11H2,1H3,(H,20,24). The third-order valence-corrected chi connectivity index (χ3v) is 3.79.